The monoisotopic (exact) mass is 424 g/mol. The van der Waals surface area contributed by atoms with Gasteiger partial charge in [-0.3, -0.25) is 9.97 Å². The number of hydrogen-bond donors (Lipinski definition) is 0. The first-order valence-electron chi connectivity index (χ1n) is 10.9. The molecule has 0 radical (unpaired) electrons. The van der Waals surface area contributed by atoms with E-state index in [4.69, 9.17) is 9.97 Å². The first-order chi connectivity index (χ1) is 16.3. The third kappa shape index (κ3) is 3.94. The molecule has 0 spiro atoms. The molecule has 0 unspecified atom stereocenters. The summed E-state index contributed by atoms with van der Waals surface area (Å²) in [5, 5.41) is 0. The fourth-order valence-electron chi connectivity index (χ4n) is 4.11. The molecule has 0 saturated heterocycles. The summed E-state index contributed by atoms with van der Waals surface area (Å²) < 4.78 is 0. The van der Waals surface area contributed by atoms with Crippen LogP contribution < -0.4 is 0 Å². The maximum Gasteiger partial charge on any atom is 0.0894 e. The van der Waals surface area contributed by atoms with E-state index in [1.165, 1.54) is 11.1 Å². The quantitative estimate of drug-likeness (QED) is 0.324. The van der Waals surface area contributed by atoms with E-state index >= 15 is 0 Å². The van der Waals surface area contributed by atoms with Crippen LogP contribution in [0.2, 0.25) is 0 Å². The number of rotatable bonds is 4. The Hall–Kier alpha value is -4.44. The van der Waals surface area contributed by atoms with Crippen LogP contribution in [-0.4, -0.2) is 19.9 Å². The maximum atomic E-state index is 4.79. The average molecular weight is 425 g/mol. The third-order valence-corrected chi connectivity index (χ3v) is 5.75. The topological polar surface area (TPSA) is 51.6 Å². The summed E-state index contributed by atoms with van der Waals surface area (Å²) >= 11 is 0. The van der Waals surface area contributed by atoms with Crippen LogP contribution >= 0.6 is 0 Å². The Labute approximate surface area is 191 Å². The standard InChI is InChI=1S/C29H20N4/c1-3-13-26-24(11-1)30-18-28(32-26)22-9-5-7-20(16-22)15-21-8-6-10-23(17-21)29-19-31-25-12-2-4-14-27(25)33-29/h1-14,16-19H,15H2. The van der Waals surface area contributed by atoms with Gasteiger partial charge in [0.2, 0.25) is 0 Å². The highest BCUT2D eigenvalue weighted by atomic mass is 14.8. The average Bonchev–Trinajstić information content (AvgIpc) is 2.88. The van der Waals surface area contributed by atoms with Crippen molar-refractivity contribution in [1.82, 2.24) is 19.9 Å². The van der Waals surface area contributed by atoms with Crippen LogP contribution in [0.25, 0.3) is 44.6 Å². The second-order valence-corrected chi connectivity index (χ2v) is 8.07. The maximum absolute atomic E-state index is 4.79. The lowest BCUT2D eigenvalue weighted by molar-refractivity contribution is 1.19. The van der Waals surface area contributed by atoms with Gasteiger partial charge in [-0.05, 0) is 53.9 Å². The van der Waals surface area contributed by atoms with E-state index in [9.17, 15) is 0 Å². The van der Waals surface area contributed by atoms with Crippen LogP contribution in [0.1, 0.15) is 11.1 Å². The molecule has 0 fully saturated rings. The molecule has 6 rings (SSSR count). The molecule has 0 saturated carbocycles. The number of benzene rings is 4. The molecule has 0 bridgehead atoms. The highest BCUT2D eigenvalue weighted by Gasteiger charge is 2.07. The van der Waals surface area contributed by atoms with Crippen LogP contribution in [0.5, 0.6) is 0 Å². The van der Waals surface area contributed by atoms with Crippen molar-refractivity contribution in [2.24, 2.45) is 0 Å². The van der Waals surface area contributed by atoms with Crippen molar-refractivity contribution in [2.75, 3.05) is 0 Å². The molecule has 0 aliphatic heterocycles. The number of fused-ring (bicyclic) bond motifs is 2. The van der Waals surface area contributed by atoms with E-state index in [0.29, 0.717) is 0 Å². The van der Waals surface area contributed by atoms with Crippen LogP contribution in [0.3, 0.4) is 0 Å². The minimum absolute atomic E-state index is 0.823. The normalized spacial score (nSPS) is 11.2. The molecule has 4 aromatic carbocycles. The summed E-state index contributed by atoms with van der Waals surface area (Å²) in [5.74, 6) is 0. The number of aromatic nitrogens is 4. The fraction of sp³-hybridized carbons (Fsp3) is 0.0345. The lowest BCUT2D eigenvalue weighted by Crippen LogP contribution is -1.93. The predicted molar refractivity (Wildman–Crippen MR) is 133 cm³/mol. The van der Waals surface area contributed by atoms with Crippen molar-refractivity contribution < 1.29 is 0 Å². The van der Waals surface area contributed by atoms with Crippen molar-refractivity contribution in [3.63, 3.8) is 0 Å². The Morgan fingerprint density at radius 3 is 1.39 bits per heavy atom. The van der Waals surface area contributed by atoms with Gasteiger partial charge < -0.3 is 0 Å². The highest BCUT2D eigenvalue weighted by molar-refractivity contribution is 5.78. The van der Waals surface area contributed by atoms with Gasteiger partial charge in [0.05, 0.1) is 45.8 Å². The van der Waals surface area contributed by atoms with Crippen molar-refractivity contribution in [1.29, 1.82) is 0 Å². The zero-order valence-corrected chi connectivity index (χ0v) is 17.9. The molecule has 0 aliphatic carbocycles. The zero-order valence-electron chi connectivity index (χ0n) is 17.9. The Kier molecular flexibility index (Phi) is 4.81. The predicted octanol–water partition coefficient (Wildman–Crippen LogP) is 6.50. The first-order valence-corrected chi connectivity index (χ1v) is 10.9. The SMILES string of the molecule is c1cc(Cc2cccc(-c3cnc4ccccc4n3)c2)cc(-c2cnc3ccccc3n2)c1. The van der Waals surface area contributed by atoms with Crippen molar-refractivity contribution >= 4 is 22.1 Å². The van der Waals surface area contributed by atoms with Gasteiger partial charge in [0.25, 0.3) is 0 Å². The van der Waals surface area contributed by atoms with E-state index in [1.54, 1.807) is 0 Å². The summed E-state index contributed by atoms with van der Waals surface area (Å²) in [6.45, 7) is 0. The second kappa shape index (κ2) is 8.24. The van der Waals surface area contributed by atoms with Gasteiger partial charge in [0.1, 0.15) is 0 Å². The summed E-state index contributed by atoms with van der Waals surface area (Å²) in [6.07, 6.45) is 4.52. The van der Waals surface area contributed by atoms with Crippen LogP contribution in [-0.2, 0) is 6.42 Å². The van der Waals surface area contributed by atoms with Gasteiger partial charge >= 0.3 is 0 Å². The van der Waals surface area contributed by atoms with Crippen molar-refractivity contribution in [3.8, 4) is 22.5 Å². The van der Waals surface area contributed by atoms with E-state index < -0.39 is 0 Å². The molecule has 2 aromatic heterocycles. The van der Waals surface area contributed by atoms with E-state index in [2.05, 4.69) is 58.5 Å². The van der Waals surface area contributed by atoms with Crippen molar-refractivity contribution in [3.05, 3.63) is 121 Å². The number of para-hydroxylation sites is 4. The van der Waals surface area contributed by atoms with Crippen LogP contribution in [0.4, 0.5) is 0 Å². The molecule has 0 amide bonds. The molecule has 4 heteroatoms. The Morgan fingerprint density at radius 2 is 0.909 bits per heavy atom. The van der Waals surface area contributed by atoms with Gasteiger partial charge in [-0.1, -0.05) is 60.7 Å². The van der Waals surface area contributed by atoms with Gasteiger partial charge in [-0.15, -0.1) is 0 Å². The number of hydrogen-bond acceptors (Lipinski definition) is 4. The molecule has 33 heavy (non-hydrogen) atoms. The van der Waals surface area contributed by atoms with E-state index in [1.807, 2.05) is 60.9 Å². The van der Waals surface area contributed by atoms with Gasteiger partial charge in [0.15, 0.2) is 0 Å². The smallest absolute Gasteiger partial charge is 0.0894 e. The largest absolute Gasteiger partial charge is 0.252 e. The summed E-state index contributed by atoms with van der Waals surface area (Å²) in [6, 6.07) is 32.9. The van der Waals surface area contributed by atoms with Crippen molar-refractivity contribution in [2.45, 2.75) is 6.42 Å². The Bertz CT molecular complexity index is 1490. The highest BCUT2D eigenvalue weighted by Crippen LogP contribution is 2.24. The molecular formula is C29H20N4. The summed E-state index contributed by atoms with van der Waals surface area (Å²) in [7, 11) is 0. The number of nitrogens with zero attached hydrogens (tertiary/aromatic N) is 4. The first kappa shape index (κ1) is 19.3. The molecule has 6 aromatic rings. The van der Waals surface area contributed by atoms with E-state index in [0.717, 1.165) is 51.0 Å². The molecule has 0 N–H and O–H groups in total. The van der Waals surface area contributed by atoms with E-state index in [-0.39, 0.29) is 0 Å². The third-order valence-electron chi connectivity index (χ3n) is 5.75. The Balaban J connectivity index is 1.30. The van der Waals surface area contributed by atoms with Crippen LogP contribution in [0, 0.1) is 0 Å². The lowest BCUT2D eigenvalue weighted by atomic mass is 9.99. The molecule has 156 valence electrons. The minimum Gasteiger partial charge on any atom is -0.252 e. The molecular weight excluding hydrogens is 404 g/mol. The molecule has 2 heterocycles. The van der Waals surface area contributed by atoms with Gasteiger partial charge in [-0.2, -0.15) is 0 Å². The lowest BCUT2D eigenvalue weighted by Gasteiger charge is -2.08. The van der Waals surface area contributed by atoms with Crippen LogP contribution in [0.15, 0.2) is 109 Å². The summed E-state index contributed by atoms with van der Waals surface area (Å²) in [4.78, 5) is 18.7. The fourth-order valence-corrected chi connectivity index (χ4v) is 4.11. The molecule has 0 atom stereocenters. The molecule has 0 aliphatic rings. The minimum atomic E-state index is 0.823. The Morgan fingerprint density at radius 1 is 0.455 bits per heavy atom. The van der Waals surface area contributed by atoms with Gasteiger partial charge in [-0.25, -0.2) is 9.97 Å². The second-order valence-electron chi connectivity index (χ2n) is 8.07. The summed E-state index contributed by atoms with van der Waals surface area (Å²) in [5.41, 5.74) is 10.00. The molecule has 4 nitrogen and oxygen atoms in total. The zero-order chi connectivity index (χ0) is 22.0. The van der Waals surface area contributed by atoms with Gasteiger partial charge in [0, 0.05) is 11.1 Å².